The molecule has 0 unspecified atom stereocenters. The van der Waals surface area contributed by atoms with Gasteiger partial charge in [0.05, 0.1) is 23.2 Å². The number of nitrogens with one attached hydrogen (secondary N) is 1. The minimum atomic E-state index is -2.67. The maximum Gasteiger partial charge on any atom is 0.261 e. The predicted octanol–water partition coefficient (Wildman–Crippen LogP) is 5.04. The highest BCUT2D eigenvalue weighted by Crippen LogP contribution is 2.38. The van der Waals surface area contributed by atoms with Crippen LogP contribution in [0.5, 0.6) is 5.75 Å². The fraction of sp³-hybridized carbons (Fsp3) is 0.296. The molecule has 1 aliphatic rings. The Morgan fingerprint density at radius 3 is 2.15 bits per heavy atom. The van der Waals surface area contributed by atoms with E-state index in [4.69, 9.17) is 9.16 Å². The van der Waals surface area contributed by atoms with E-state index in [1.165, 1.54) is 10.4 Å². The molecule has 0 saturated carbocycles. The number of ether oxygens (including phenoxy) is 1. The van der Waals surface area contributed by atoms with Gasteiger partial charge in [0.15, 0.2) is 0 Å². The first-order chi connectivity index (χ1) is 15.7. The third-order valence-electron chi connectivity index (χ3n) is 6.09. The minimum absolute atomic E-state index is 0.0919. The molecule has 0 fully saturated rings. The SMILES string of the molecule is C[C@H]1CNC(=O)c2cc(CO[Si](c3ccccc3)(c3ccccc3)C(C)(C)C)cc(Br)c2O1. The average molecular weight is 525 g/mol. The molecule has 0 aromatic heterocycles. The van der Waals surface area contributed by atoms with E-state index in [0.29, 0.717) is 24.5 Å². The van der Waals surface area contributed by atoms with E-state index in [1.807, 2.05) is 31.2 Å². The summed E-state index contributed by atoms with van der Waals surface area (Å²) in [4.78, 5) is 12.7. The predicted molar refractivity (Wildman–Crippen MR) is 139 cm³/mol. The molecule has 3 aromatic carbocycles. The summed E-state index contributed by atoms with van der Waals surface area (Å²) < 4.78 is 13.8. The highest BCUT2D eigenvalue weighted by molar-refractivity contribution is 9.10. The average Bonchev–Trinajstić information content (AvgIpc) is 2.94. The normalized spacial score (nSPS) is 16.4. The van der Waals surface area contributed by atoms with Gasteiger partial charge < -0.3 is 14.5 Å². The zero-order valence-corrected chi connectivity index (χ0v) is 22.1. The second-order valence-corrected chi connectivity index (χ2v) is 14.7. The van der Waals surface area contributed by atoms with Crippen LogP contribution in [0.2, 0.25) is 5.04 Å². The summed E-state index contributed by atoms with van der Waals surface area (Å²) in [5.41, 5.74) is 1.47. The van der Waals surface area contributed by atoms with Gasteiger partial charge in [0.25, 0.3) is 14.2 Å². The number of carbonyl (C=O) groups excluding carboxylic acids is 1. The molecule has 1 aliphatic heterocycles. The van der Waals surface area contributed by atoms with E-state index < -0.39 is 8.32 Å². The van der Waals surface area contributed by atoms with Crippen LogP contribution in [0.4, 0.5) is 0 Å². The lowest BCUT2D eigenvalue weighted by molar-refractivity contribution is 0.0952. The largest absolute Gasteiger partial charge is 0.487 e. The fourth-order valence-corrected chi connectivity index (χ4v) is 9.69. The van der Waals surface area contributed by atoms with Crippen LogP contribution in [0.25, 0.3) is 0 Å². The third-order valence-corrected chi connectivity index (χ3v) is 11.7. The summed E-state index contributed by atoms with van der Waals surface area (Å²) >= 11 is 3.62. The Morgan fingerprint density at radius 2 is 1.61 bits per heavy atom. The Kier molecular flexibility index (Phi) is 6.80. The number of benzene rings is 3. The van der Waals surface area contributed by atoms with E-state index in [-0.39, 0.29) is 17.0 Å². The van der Waals surface area contributed by atoms with Crippen molar-refractivity contribution in [1.82, 2.24) is 5.32 Å². The second-order valence-electron chi connectivity index (χ2n) is 9.54. The van der Waals surface area contributed by atoms with Gasteiger partial charge in [-0.05, 0) is 56.0 Å². The van der Waals surface area contributed by atoms with Crippen LogP contribution in [0.3, 0.4) is 0 Å². The summed E-state index contributed by atoms with van der Waals surface area (Å²) in [6, 6.07) is 25.0. The molecule has 6 heteroatoms. The summed E-state index contributed by atoms with van der Waals surface area (Å²) in [6.07, 6.45) is -0.0919. The summed E-state index contributed by atoms with van der Waals surface area (Å²) in [5.74, 6) is 0.467. The van der Waals surface area contributed by atoms with Crippen molar-refractivity contribution in [2.75, 3.05) is 6.54 Å². The van der Waals surface area contributed by atoms with Crippen molar-refractivity contribution >= 4 is 40.5 Å². The fourth-order valence-electron chi connectivity index (χ4n) is 4.55. The number of carbonyl (C=O) groups is 1. The molecule has 1 atom stereocenters. The zero-order chi connectivity index (χ0) is 23.6. The van der Waals surface area contributed by atoms with Crippen molar-refractivity contribution in [2.45, 2.75) is 45.4 Å². The molecule has 4 nitrogen and oxygen atoms in total. The highest BCUT2D eigenvalue weighted by atomic mass is 79.9. The number of rotatable bonds is 5. The number of hydrogen-bond acceptors (Lipinski definition) is 3. The number of fused-ring (bicyclic) bond motifs is 1. The van der Waals surface area contributed by atoms with Gasteiger partial charge >= 0.3 is 0 Å². The molecule has 0 aliphatic carbocycles. The van der Waals surface area contributed by atoms with Gasteiger partial charge in [-0.25, -0.2) is 0 Å². The molecule has 0 radical (unpaired) electrons. The monoisotopic (exact) mass is 523 g/mol. The van der Waals surface area contributed by atoms with E-state index in [1.54, 1.807) is 0 Å². The Labute approximate surface area is 205 Å². The maximum atomic E-state index is 12.7. The van der Waals surface area contributed by atoms with Gasteiger partial charge in [0.2, 0.25) is 0 Å². The smallest absolute Gasteiger partial charge is 0.261 e. The van der Waals surface area contributed by atoms with Crippen LogP contribution >= 0.6 is 15.9 Å². The van der Waals surface area contributed by atoms with Gasteiger partial charge in [0.1, 0.15) is 11.9 Å². The van der Waals surface area contributed by atoms with E-state index in [9.17, 15) is 4.79 Å². The van der Waals surface area contributed by atoms with Crippen molar-refractivity contribution in [3.8, 4) is 5.75 Å². The number of amides is 1. The Balaban J connectivity index is 1.78. The van der Waals surface area contributed by atoms with E-state index in [0.717, 1.165) is 10.0 Å². The number of hydrogen-bond donors (Lipinski definition) is 1. The third kappa shape index (κ3) is 4.65. The Morgan fingerprint density at radius 1 is 1.03 bits per heavy atom. The van der Waals surface area contributed by atoms with Crippen molar-refractivity contribution in [1.29, 1.82) is 0 Å². The first-order valence-electron chi connectivity index (χ1n) is 11.2. The highest BCUT2D eigenvalue weighted by Gasteiger charge is 2.50. The summed E-state index contributed by atoms with van der Waals surface area (Å²) in [6.45, 7) is 9.59. The molecular formula is C27H30BrNO3Si. The first kappa shape index (κ1) is 23.7. The standard InChI is InChI=1S/C27H30BrNO3Si/c1-19-17-29-26(30)23-15-20(16-24(28)25(23)32-19)18-31-33(27(2,3)4,21-11-7-5-8-12-21)22-13-9-6-10-14-22/h5-16,19H,17-18H2,1-4H3,(H,29,30)/t19-/m0/s1. The molecular weight excluding hydrogens is 494 g/mol. The Bertz CT molecular complexity index is 1090. The van der Waals surface area contributed by atoms with Gasteiger partial charge in [-0.15, -0.1) is 0 Å². The summed E-state index contributed by atoms with van der Waals surface area (Å²) in [5, 5.41) is 5.28. The van der Waals surface area contributed by atoms with Crippen molar-refractivity contribution in [3.63, 3.8) is 0 Å². The lowest BCUT2D eigenvalue weighted by atomic mass is 10.1. The maximum absolute atomic E-state index is 12.7. The lowest BCUT2D eigenvalue weighted by Crippen LogP contribution is -2.66. The van der Waals surface area contributed by atoms with Crippen LogP contribution in [0, 0.1) is 0 Å². The molecule has 172 valence electrons. The van der Waals surface area contributed by atoms with Crippen LogP contribution in [0.15, 0.2) is 77.3 Å². The van der Waals surface area contributed by atoms with Crippen LogP contribution in [-0.2, 0) is 11.0 Å². The molecule has 4 rings (SSSR count). The molecule has 0 saturated heterocycles. The topological polar surface area (TPSA) is 47.6 Å². The molecule has 1 amide bonds. The van der Waals surface area contributed by atoms with Crippen LogP contribution < -0.4 is 20.4 Å². The van der Waals surface area contributed by atoms with E-state index in [2.05, 4.69) is 90.5 Å². The van der Waals surface area contributed by atoms with Gasteiger partial charge in [0, 0.05) is 0 Å². The van der Waals surface area contributed by atoms with Gasteiger partial charge in [-0.1, -0.05) is 81.4 Å². The number of halogens is 1. The van der Waals surface area contributed by atoms with E-state index >= 15 is 0 Å². The summed E-state index contributed by atoms with van der Waals surface area (Å²) in [7, 11) is -2.67. The van der Waals surface area contributed by atoms with Crippen LogP contribution in [-0.4, -0.2) is 26.9 Å². The molecule has 0 bridgehead atoms. The molecule has 33 heavy (non-hydrogen) atoms. The van der Waals surface area contributed by atoms with Gasteiger partial charge in [-0.2, -0.15) is 0 Å². The zero-order valence-electron chi connectivity index (χ0n) is 19.5. The molecule has 0 spiro atoms. The van der Waals surface area contributed by atoms with Gasteiger partial charge in [-0.3, -0.25) is 4.79 Å². The van der Waals surface area contributed by atoms with Crippen molar-refractivity contribution in [3.05, 3.63) is 88.4 Å². The molecule has 1 N–H and O–H groups in total. The second kappa shape index (κ2) is 9.45. The lowest BCUT2D eigenvalue weighted by Gasteiger charge is -2.43. The molecule has 1 heterocycles. The Hall–Kier alpha value is -2.41. The quantitative estimate of drug-likeness (QED) is 0.476. The molecule has 3 aromatic rings. The van der Waals surface area contributed by atoms with Crippen LogP contribution in [0.1, 0.15) is 43.6 Å². The first-order valence-corrected chi connectivity index (χ1v) is 13.9. The van der Waals surface area contributed by atoms with Crippen molar-refractivity contribution in [2.24, 2.45) is 0 Å². The van der Waals surface area contributed by atoms with Crippen molar-refractivity contribution < 1.29 is 14.0 Å². The minimum Gasteiger partial charge on any atom is -0.487 e.